The van der Waals surface area contributed by atoms with Gasteiger partial charge in [-0.1, -0.05) is 6.42 Å². The average Bonchev–Trinajstić information content (AvgIpc) is 3.21. The Hall–Kier alpha value is -2.46. The van der Waals surface area contributed by atoms with Gasteiger partial charge >= 0.3 is 0 Å². The molecule has 35 heavy (non-hydrogen) atoms. The van der Waals surface area contributed by atoms with Crippen molar-refractivity contribution >= 4 is 17.7 Å². The first-order valence-electron chi connectivity index (χ1n) is 13.1. The molecule has 3 aliphatic heterocycles. The second kappa shape index (κ2) is 12.0. The number of nitrogens with one attached hydrogen (secondary N) is 1. The van der Waals surface area contributed by atoms with Gasteiger partial charge in [-0.2, -0.15) is 5.10 Å². The lowest BCUT2D eigenvalue weighted by atomic mass is 10.0. The molecule has 1 N–H and O–H groups in total. The molecular weight excluding hydrogens is 448 g/mol. The van der Waals surface area contributed by atoms with Crippen LogP contribution in [0.2, 0.25) is 0 Å². The zero-order valence-corrected chi connectivity index (χ0v) is 21.3. The molecule has 1 aromatic rings. The maximum atomic E-state index is 13.1. The summed E-state index contributed by atoms with van der Waals surface area (Å²) in [5, 5.41) is 7.46. The first-order valence-corrected chi connectivity index (χ1v) is 13.1. The summed E-state index contributed by atoms with van der Waals surface area (Å²) in [7, 11) is 1.85. The molecule has 194 valence electrons. The third kappa shape index (κ3) is 6.41. The molecule has 4 heterocycles. The van der Waals surface area contributed by atoms with E-state index in [1.165, 1.54) is 19.3 Å². The summed E-state index contributed by atoms with van der Waals surface area (Å²) in [4.78, 5) is 44.2. The van der Waals surface area contributed by atoms with Gasteiger partial charge in [0.25, 0.3) is 5.91 Å². The van der Waals surface area contributed by atoms with Gasteiger partial charge in [0.2, 0.25) is 11.8 Å². The Bertz CT molecular complexity index is 910. The molecule has 1 atom stereocenters. The largest absolute Gasteiger partial charge is 0.378 e. The normalized spacial score (nSPS) is 21.0. The molecule has 0 aromatic carbocycles. The van der Waals surface area contributed by atoms with Gasteiger partial charge in [-0.25, -0.2) is 0 Å². The molecule has 0 spiro atoms. The van der Waals surface area contributed by atoms with Gasteiger partial charge in [0.05, 0.1) is 13.2 Å². The summed E-state index contributed by atoms with van der Waals surface area (Å²) in [6.07, 6.45) is 5.79. The first kappa shape index (κ1) is 25.6. The van der Waals surface area contributed by atoms with Crippen LogP contribution in [0.25, 0.3) is 0 Å². The summed E-state index contributed by atoms with van der Waals surface area (Å²) in [5.74, 6) is -0.230. The van der Waals surface area contributed by atoms with Crippen LogP contribution < -0.4 is 5.32 Å². The molecule has 0 unspecified atom stereocenters. The lowest BCUT2D eigenvalue weighted by molar-refractivity contribution is -0.134. The lowest BCUT2D eigenvalue weighted by Crippen LogP contribution is -2.42. The zero-order chi connectivity index (χ0) is 24.8. The van der Waals surface area contributed by atoms with Crippen LogP contribution in [0.15, 0.2) is 0 Å². The number of aryl methyl sites for hydroxylation is 1. The number of piperidine rings is 1. The summed E-state index contributed by atoms with van der Waals surface area (Å²) >= 11 is 0. The Balaban J connectivity index is 1.22. The number of fused-ring (bicyclic) bond motifs is 1. The van der Waals surface area contributed by atoms with Gasteiger partial charge in [0.1, 0.15) is 0 Å². The van der Waals surface area contributed by atoms with Crippen molar-refractivity contribution in [2.75, 3.05) is 52.5 Å². The van der Waals surface area contributed by atoms with Crippen molar-refractivity contribution in [3.05, 3.63) is 17.0 Å². The van der Waals surface area contributed by atoms with E-state index >= 15 is 0 Å². The molecule has 3 amide bonds. The number of nitrogens with zero attached hydrogens (tertiary/aromatic N) is 5. The Kier molecular flexibility index (Phi) is 8.78. The highest BCUT2D eigenvalue weighted by atomic mass is 16.5. The molecule has 0 radical (unpaired) electrons. The standard InChI is InChI=1S/C25H40N6O4/c1-19-6-3-4-11-29(19)12-5-10-26-22(32)7-8-23(33)31-13-9-21-20(18-31)24(27-28(21)2)25(34)30-14-16-35-17-15-30/h19H,3-18H2,1-2H3,(H,26,32)/t19-/m1/s1. The lowest BCUT2D eigenvalue weighted by Gasteiger charge is -2.33. The van der Waals surface area contributed by atoms with Crippen molar-refractivity contribution in [3.63, 3.8) is 0 Å². The van der Waals surface area contributed by atoms with Crippen molar-refractivity contribution in [3.8, 4) is 0 Å². The van der Waals surface area contributed by atoms with Crippen LogP contribution in [0.1, 0.15) is 67.2 Å². The minimum absolute atomic E-state index is 0.0541. The Morgan fingerprint density at radius 1 is 1.06 bits per heavy atom. The van der Waals surface area contributed by atoms with Crippen LogP contribution in [0, 0.1) is 0 Å². The highest BCUT2D eigenvalue weighted by Crippen LogP contribution is 2.24. The van der Waals surface area contributed by atoms with Gasteiger partial charge < -0.3 is 24.8 Å². The third-order valence-corrected chi connectivity index (χ3v) is 7.55. The molecule has 2 fully saturated rings. The second-order valence-corrected chi connectivity index (χ2v) is 9.95. The van der Waals surface area contributed by atoms with Crippen LogP contribution in [-0.4, -0.2) is 101 Å². The fraction of sp³-hybridized carbons (Fsp3) is 0.760. The van der Waals surface area contributed by atoms with E-state index in [1.54, 1.807) is 14.5 Å². The SMILES string of the molecule is C[C@@H]1CCCCN1CCCNC(=O)CCC(=O)N1CCc2c(c(C(=O)N3CCOCC3)nn2C)C1. The Morgan fingerprint density at radius 2 is 1.86 bits per heavy atom. The predicted octanol–water partition coefficient (Wildman–Crippen LogP) is 0.938. The third-order valence-electron chi connectivity index (χ3n) is 7.55. The number of aromatic nitrogens is 2. The van der Waals surface area contributed by atoms with Gasteiger partial charge in [-0.05, 0) is 32.7 Å². The first-order chi connectivity index (χ1) is 16.9. The number of carbonyl (C=O) groups is 3. The van der Waals surface area contributed by atoms with Gasteiger partial charge in [0, 0.05) is 82.9 Å². The van der Waals surface area contributed by atoms with E-state index in [9.17, 15) is 14.4 Å². The van der Waals surface area contributed by atoms with E-state index in [2.05, 4.69) is 22.2 Å². The molecule has 0 aliphatic carbocycles. The number of ether oxygens (including phenoxy) is 1. The van der Waals surface area contributed by atoms with E-state index in [1.807, 2.05) is 7.05 Å². The van der Waals surface area contributed by atoms with Crippen LogP contribution in [0.3, 0.4) is 0 Å². The molecule has 2 saturated heterocycles. The summed E-state index contributed by atoms with van der Waals surface area (Å²) in [6.45, 7) is 8.19. The highest BCUT2D eigenvalue weighted by Gasteiger charge is 2.31. The monoisotopic (exact) mass is 488 g/mol. The smallest absolute Gasteiger partial charge is 0.274 e. The number of hydrogen-bond donors (Lipinski definition) is 1. The fourth-order valence-corrected chi connectivity index (χ4v) is 5.36. The molecule has 0 bridgehead atoms. The maximum absolute atomic E-state index is 13.1. The van der Waals surface area contributed by atoms with Crippen molar-refractivity contribution in [2.24, 2.45) is 7.05 Å². The van der Waals surface area contributed by atoms with Gasteiger partial charge in [-0.15, -0.1) is 0 Å². The van der Waals surface area contributed by atoms with E-state index in [-0.39, 0.29) is 30.6 Å². The van der Waals surface area contributed by atoms with Crippen molar-refractivity contribution in [2.45, 2.75) is 64.5 Å². The van der Waals surface area contributed by atoms with Gasteiger partial charge in [-0.3, -0.25) is 19.1 Å². The molecule has 0 saturated carbocycles. The average molecular weight is 489 g/mol. The van der Waals surface area contributed by atoms with E-state index in [0.717, 1.165) is 30.8 Å². The number of likely N-dealkylation sites (tertiary alicyclic amines) is 1. The minimum Gasteiger partial charge on any atom is -0.378 e. The molecular formula is C25H40N6O4. The Morgan fingerprint density at radius 3 is 2.63 bits per heavy atom. The minimum atomic E-state index is -0.0993. The van der Waals surface area contributed by atoms with Crippen molar-refractivity contribution in [1.29, 1.82) is 0 Å². The number of rotatable bonds is 8. The second-order valence-electron chi connectivity index (χ2n) is 9.95. The highest BCUT2D eigenvalue weighted by molar-refractivity contribution is 5.94. The summed E-state index contributed by atoms with van der Waals surface area (Å²) in [5.41, 5.74) is 2.27. The van der Waals surface area contributed by atoms with Crippen LogP contribution in [-0.2, 0) is 34.3 Å². The number of carbonyl (C=O) groups excluding carboxylic acids is 3. The predicted molar refractivity (Wildman–Crippen MR) is 131 cm³/mol. The molecule has 3 aliphatic rings. The van der Waals surface area contributed by atoms with Crippen molar-refractivity contribution in [1.82, 2.24) is 29.8 Å². The summed E-state index contributed by atoms with van der Waals surface area (Å²) in [6, 6.07) is 0.631. The molecule has 1 aromatic heterocycles. The van der Waals surface area contributed by atoms with Crippen LogP contribution in [0.4, 0.5) is 0 Å². The number of morpholine rings is 1. The fourth-order valence-electron chi connectivity index (χ4n) is 5.36. The van der Waals surface area contributed by atoms with Crippen LogP contribution >= 0.6 is 0 Å². The quantitative estimate of drug-likeness (QED) is 0.547. The van der Waals surface area contributed by atoms with E-state index in [4.69, 9.17) is 4.74 Å². The van der Waals surface area contributed by atoms with Gasteiger partial charge in [0.15, 0.2) is 5.69 Å². The topological polar surface area (TPSA) is 100 Å². The number of hydrogen-bond acceptors (Lipinski definition) is 6. The zero-order valence-electron chi connectivity index (χ0n) is 21.3. The molecule has 10 nitrogen and oxygen atoms in total. The molecule has 4 rings (SSSR count). The van der Waals surface area contributed by atoms with E-state index in [0.29, 0.717) is 64.1 Å². The van der Waals surface area contributed by atoms with Crippen LogP contribution in [0.5, 0.6) is 0 Å². The Labute approximate surface area is 207 Å². The van der Waals surface area contributed by atoms with Crippen molar-refractivity contribution < 1.29 is 19.1 Å². The maximum Gasteiger partial charge on any atom is 0.274 e. The summed E-state index contributed by atoms with van der Waals surface area (Å²) < 4.78 is 7.12. The number of amides is 3. The molecule has 10 heteroatoms. The van der Waals surface area contributed by atoms with E-state index < -0.39 is 0 Å².